The van der Waals surface area contributed by atoms with Crippen molar-refractivity contribution in [1.82, 2.24) is 9.97 Å². The van der Waals surface area contributed by atoms with Gasteiger partial charge in [0.15, 0.2) is 0 Å². The Bertz CT molecular complexity index is 593. The first kappa shape index (κ1) is 8.68. The maximum Gasteiger partial charge on any atom is 0.139 e. The predicted octanol–water partition coefficient (Wildman–Crippen LogP) is 3.60. The average Bonchev–Trinajstić information content (AvgIpc) is 2.84. The topological polar surface area (TPSA) is 28.7 Å². The summed E-state index contributed by atoms with van der Waals surface area (Å²) in [5.41, 5.74) is 4.55. The van der Waals surface area contributed by atoms with Gasteiger partial charge in [-0.25, -0.2) is 4.98 Å². The molecule has 0 saturated carbocycles. The number of benzene rings is 1. The Hall–Kier alpha value is -1.61. The lowest BCUT2D eigenvalue weighted by Gasteiger charge is -1.89. The van der Waals surface area contributed by atoms with Crippen LogP contribution in [0, 0.1) is 6.92 Å². The van der Waals surface area contributed by atoms with Crippen molar-refractivity contribution in [2.75, 3.05) is 0 Å². The van der Waals surface area contributed by atoms with Gasteiger partial charge >= 0.3 is 0 Å². The maximum atomic E-state index is 4.55. The standard InChI is InChI=1S/C12H10N2S/c1-8-2-3-10-11(6-8)14-12(13-10)9-4-5-15-7-9/h2-7H,1H3,(H,13,14). The van der Waals surface area contributed by atoms with Crippen molar-refractivity contribution in [3.8, 4) is 11.4 Å². The molecule has 2 aromatic heterocycles. The molecule has 0 aliphatic heterocycles. The van der Waals surface area contributed by atoms with E-state index < -0.39 is 0 Å². The largest absolute Gasteiger partial charge is 0.338 e. The quantitative estimate of drug-likeness (QED) is 0.658. The normalized spacial score (nSPS) is 11.0. The van der Waals surface area contributed by atoms with Crippen LogP contribution in [0.4, 0.5) is 0 Å². The Morgan fingerprint density at radius 1 is 1.27 bits per heavy atom. The molecule has 0 aliphatic rings. The molecule has 0 unspecified atom stereocenters. The van der Waals surface area contributed by atoms with Gasteiger partial charge < -0.3 is 4.98 Å². The van der Waals surface area contributed by atoms with Gasteiger partial charge in [-0.3, -0.25) is 0 Å². The van der Waals surface area contributed by atoms with Gasteiger partial charge in [-0.05, 0) is 36.1 Å². The van der Waals surface area contributed by atoms with Gasteiger partial charge in [0, 0.05) is 10.9 Å². The van der Waals surface area contributed by atoms with Crippen molar-refractivity contribution < 1.29 is 0 Å². The number of H-pyrrole nitrogens is 1. The van der Waals surface area contributed by atoms with Gasteiger partial charge in [-0.15, -0.1) is 0 Å². The molecule has 15 heavy (non-hydrogen) atoms. The highest BCUT2D eigenvalue weighted by atomic mass is 32.1. The molecule has 0 fully saturated rings. The molecule has 0 bridgehead atoms. The molecule has 3 heteroatoms. The average molecular weight is 214 g/mol. The van der Waals surface area contributed by atoms with Crippen LogP contribution < -0.4 is 0 Å². The van der Waals surface area contributed by atoms with Crippen molar-refractivity contribution in [2.24, 2.45) is 0 Å². The van der Waals surface area contributed by atoms with E-state index in [0.717, 1.165) is 22.4 Å². The Morgan fingerprint density at radius 3 is 3.00 bits per heavy atom. The van der Waals surface area contributed by atoms with Crippen molar-refractivity contribution in [1.29, 1.82) is 0 Å². The fourth-order valence-electron chi connectivity index (χ4n) is 1.66. The molecule has 0 saturated heterocycles. The van der Waals surface area contributed by atoms with Crippen LogP contribution in [0.15, 0.2) is 35.0 Å². The van der Waals surface area contributed by atoms with Gasteiger partial charge in [0.25, 0.3) is 0 Å². The van der Waals surface area contributed by atoms with Gasteiger partial charge in [0.2, 0.25) is 0 Å². The number of nitrogens with zero attached hydrogens (tertiary/aromatic N) is 1. The summed E-state index contributed by atoms with van der Waals surface area (Å²) in [6.45, 7) is 2.09. The summed E-state index contributed by atoms with van der Waals surface area (Å²) in [5.74, 6) is 0.955. The van der Waals surface area contributed by atoms with E-state index in [-0.39, 0.29) is 0 Å². The molecule has 0 atom stereocenters. The third-order valence-corrected chi connectivity index (χ3v) is 3.12. The van der Waals surface area contributed by atoms with Crippen molar-refractivity contribution >= 4 is 22.4 Å². The van der Waals surface area contributed by atoms with Crippen LogP contribution in [-0.4, -0.2) is 9.97 Å². The first-order valence-electron chi connectivity index (χ1n) is 4.82. The number of nitrogens with one attached hydrogen (secondary N) is 1. The monoisotopic (exact) mass is 214 g/mol. The molecule has 3 rings (SSSR count). The van der Waals surface area contributed by atoms with E-state index in [0.29, 0.717) is 0 Å². The first-order chi connectivity index (χ1) is 7.33. The second kappa shape index (κ2) is 3.21. The molecule has 3 aromatic rings. The predicted molar refractivity (Wildman–Crippen MR) is 64.1 cm³/mol. The lowest BCUT2D eigenvalue weighted by Crippen LogP contribution is -1.73. The molecule has 2 heterocycles. The van der Waals surface area contributed by atoms with Crippen LogP contribution in [0.25, 0.3) is 22.4 Å². The number of aromatic amines is 1. The SMILES string of the molecule is Cc1ccc2nc(-c3ccsc3)[nH]c2c1. The van der Waals surface area contributed by atoms with Gasteiger partial charge in [-0.1, -0.05) is 6.07 Å². The summed E-state index contributed by atoms with van der Waals surface area (Å²) in [5, 5.41) is 4.17. The first-order valence-corrected chi connectivity index (χ1v) is 5.76. The molecule has 1 aromatic carbocycles. The number of fused-ring (bicyclic) bond motifs is 1. The second-order valence-electron chi connectivity index (χ2n) is 3.62. The molecule has 74 valence electrons. The third kappa shape index (κ3) is 1.45. The van der Waals surface area contributed by atoms with Gasteiger partial charge in [-0.2, -0.15) is 11.3 Å². The van der Waals surface area contributed by atoms with Crippen LogP contribution >= 0.6 is 11.3 Å². The highest BCUT2D eigenvalue weighted by molar-refractivity contribution is 7.08. The minimum Gasteiger partial charge on any atom is -0.338 e. The molecule has 1 N–H and O–H groups in total. The summed E-state index contributed by atoms with van der Waals surface area (Å²) in [6, 6.07) is 8.34. The number of hydrogen-bond acceptors (Lipinski definition) is 2. The summed E-state index contributed by atoms with van der Waals surface area (Å²) >= 11 is 1.69. The Morgan fingerprint density at radius 2 is 2.20 bits per heavy atom. The minimum atomic E-state index is 0.955. The number of thiophene rings is 1. The molecule has 2 nitrogen and oxygen atoms in total. The smallest absolute Gasteiger partial charge is 0.139 e. The van der Waals surface area contributed by atoms with Crippen molar-refractivity contribution in [3.63, 3.8) is 0 Å². The molecule has 0 amide bonds. The Kier molecular flexibility index (Phi) is 1.86. The molecule has 0 spiro atoms. The van der Waals surface area contributed by atoms with E-state index in [1.54, 1.807) is 11.3 Å². The zero-order valence-corrected chi connectivity index (χ0v) is 9.14. The van der Waals surface area contributed by atoms with Crippen molar-refractivity contribution in [2.45, 2.75) is 6.92 Å². The molecule has 0 aliphatic carbocycles. The van der Waals surface area contributed by atoms with Crippen LogP contribution in [0.5, 0.6) is 0 Å². The number of imidazole rings is 1. The molecular weight excluding hydrogens is 204 g/mol. The Balaban J connectivity index is 2.22. The van der Waals surface area contributed by atoms with Crippen LogP contribution in [0.2, 0.25) is 0 Å². The number of aryl methyl sites for hydroxylation is 1. The van der Waals surface area contributed by atoms with E-state index >= 15 is 0 Å². The van der Waals surface area contributed by atoms with Crippen LogP contribution in [0.1, 0.15) is 5.56 Å². The molecular formula is C12H10N2S. The molecule has 0 radical (unpaired) electrons. The van der Waals surface area contributed by atoms with Gasteiger partial charge in [0.1, 0.15) is 5.82 Å². The van der Waals surface area contributed by atoms with E-state index in [1.807, 2.05) is 0 Å². The summed E-state index contributed by atoms with van der Waals surface area (Å²) < 4.78 is 0. The summed E-state index contributed by atoms with van der Waals surface area (Å²) in [6.07, 6.45) is 0. The maximum absolute atomic E-state index is 4.55. The van der Waals surface area contributed by atoms with E-state index in [2.05, 4.69) is 51.9 Å². The highest BCUT2D eigenvalue weighted by Gasteiger charge is 2.04. The highest BCUT2D eigenvalue weighted by Crippen LogP contribution is 2.22. The number of aromatic nitrogens is 2. The fourth-order valence-corrected chi connectivity index (χ4v) is 2.30. The zero-order chi connectivity index (χ0) is 10.3. The van der Waals surface area contributed by atoms with E-state index in [9.17, 15) is 0 Å². The van der Waals surface area contributed by atoms with Crippen LogP contribution in [0.3, 0.4) is 0 Å². The minimum absolute atomic E-state index is 0.955. The van der Waals surface area contributed by atoms with Crippen LogP contribution in [-0.2, 0) is 0 Å². The third-order valence-electron chi connectivity index (χ3n) is 2.43. The van der Waals surface area contributed by atoms with Gasteiger partial charge in [0.05, 0.1) is 11.0 Å². The van der Waals surface area contributed by atoms with E-state index in [1.165, 1.54) is 5.56 Å². The summed E-state index contributed by atoms with van der Waals surface area (Å²) in [7, 11) is 0. The number of rotatable bonds is 1. The summed E-state index contributed by atoms with van der Waals surface area (Å²) in [4.78, 5) is 7.88. The number of hydrogen-bond donors (Lipinski definition) is 1. The zero-order valence-electron chi connectivity index (χ0n) is 8.32. The van der Waals surface area contributed by atoms with E-state index in [4.69, 9.17) is 0 Å². The lowest BCUT2D eigenvalue weighted by molar-refractivity contribution is 1.35. The second-order valence-corrected chi connectivity index (χ2v) is 4.40. The Labute approximate surface area is 91.6 Å². The lowest BCUT2D eigenvalue weighted by atomic mass is 10.2. The van der Waals surface area contributed by atoms with Crippen molar-refractivity contribution in [3.05, 3.63) is 40.6 Å². The fraction of sp³-hybridized carbons (Fsp3) is 0.0833.